The fraction of sp³-hybridized carbons (Fsp3) is 0.833. The highest BCUT2D eigenvalue weighted by atomic mass is 32.1. The minimum atomic E-state index is -0.580. The summed E-state index contributed by atoms with van der Waals surface area (Å²) in [5.41, 5.74) is -0.580. The van der Waals surface area contributed by atoms with Gasteiger partial charge in [-0.25, -0.2) is 0 Å². The number of thiol groups is 1. The Morgan fingerprint density at radius 2 is 2.44 bits per heavy atom. The van der Waals surface area contributed by atoms with Crippen LogP contribution in [0.4, 0.5) is 0 Å². The van der Waals surface area contributed by atoms with Gasteiger partial charge in [-0.05, 0) is 19.8 Å². The van der Waals surface area contributed by atoms with E-state index in [1.165, 1.54) is 0 Å². The third-order valence-electron chi connectivity index (χ3n) is 1.67. The van der Waals surface area contributed by atoms with Crippen LogP contribution in [-0.2, 0) is 9.53 Å². The van der Waals surface area contributed by atoms with Crippen molar-refractivity contribution < 1.29 is 9.53 Å². The van der Waals surface area contributed by atoms with E-state index in [1.54, 1.807) is 6.92 Å². The number of carbonyl (C=O) groups is 1. The third-order valence-corrected chi connectivity index (χ3v) is 2.14. The number of hydrogen-bond acceptors (Lipinski definition) is 2. The minimum Gasteiger partial charge on any atom is -0.367 e. The van der Waals surface area contributed by atoms with E-state index >= 15 is 0 Å². The predicted octanol–water partition coefficient (Wildman–Crippen LogP) is 1.01. The van der Waals surface area contributed by atoms with Crippen molar-refractivity contribution in [1.82, 2.24) is 0 Å². The summed E-state index contributed by atoms with van der Waals surface area (Å²) in [6.45, 7) is 2.48. The largest absolute Gasteiger partial charge is 0.367 e. The zero-order valence-corrected chi connectivity index (χ0v) is 6.28. The van der Waals surface area contributed by atoms with E-state index in [-0.39, 0.29) is 5.12 Å². The van der Waals surface area contributed by atoms with E-state index in [2.05, 4.69) is 12.6 Å². The highest BCUT2D eigenvalue weighted by Crippen LogP contribution is 2.26. The summed E-state index contributed by atoms with van der Waals surface area (Å²) in [6, 6.07) is 0. The van der Waals surface area contributed by atoms with Crippen molar-refractivity contribution in [3.63, 3.8) is 0 Å². The van der Waals surface area contributed by atoms with Gasteiger partial charge >= 0.3 is 0 Å². The lowest BCUT2D eigenvalue weighted by Crippen LogP contribution is -2.30. The summed E-state index contributed by atoms with van der Waals surface area (Å²) >= 11 is 3.71. The molecular formula is C6H10O2S. The minimum absolute atomic E-state index is 0.153. The molecule has 0 aromatic heterocycles. The number of hydrogen-bond donors (Lipinski definition) is 1. The Morgan fingerprint density at radius 1 is 1.78 bits per heavy atom. The van der Waals surface area contributed by atoms with Crippen molar-refractivity contribution in [2.24, 2.45) is 0 Å². The van der Waals surface area contributed by atoms with Crippen LogP contribution in [0.1, 0.15) is 19.8 Å². The number of rotatable bonds is 1. The maximum Gasteiger partial charge on any atom is 0.217 e. The first kappa shape index (κ1) is 7.09. The normalized spacial score (nSPS) is 34.9. The maximum absolute atomic E-state index is 10.7. The van der Waals surface area contributed by atoms with Gasteiger partial charge in [-0.1, -0.05) is 0 Å². The molecule has 0 aromatic carbocycles. The fourth-order valence-electron chi connectivity index (χ4n) is 0.948. The summed E-state index contributed by atoms with van der Waals surface area (Å²) in [5.74, 6) is 0. The third kappa shape index (κ3) is 1.27. The second-order valence-corrected chi connectivity index (χ2v) is 2.89. The predicted molar refractivity (Wildman–Crippen MR) is 37.6 cm³/mol. The van der Waals surface area contributed by atoms with Crippen LogP contribution in [-0.4, -0.2) is 17.3 Å². The monoisotopic (exact) mass is 146 g/mol. The lowest BCUT2D eigenvalue weighted by molar-refractivity contribution is -0.127. The van der Waals surface area contributed by atoms with Crippen LogP contribution < -0.4 is 0 Å². The summed E-state index contributed by atoms with van der Waals surface area (Å²) in [5, 5.41) is -0.153. The van der Waals surface area contributed by atoms with Gasteiger partial charge in [0, 0.05) is 6.61 Å². The Hall–Kier alpha value is -0.0200. The van der Waals surface area contributed by atoms with Gasteiger partial charge in [-0.3, -0.25) is 4.79 Å². The van der Waals surface area contributed by atoms with E-state index < -0.39 is 5.60 Å². The molecule has 1 aliphatic rings. The van der Waals surface area contributed by atoms with Gasteiger partial charge in [0.1, 0.15) is 5.60 Å². The molecule has 3 heteroatoms. The van der Waals surface area contributed by atoms with Crippen molar-refractivity contribution in [2.45, 2.75) is 25.4 Å². The molecular weight excluding hydrogens is 136 g/mol. The Bertz CT molecular complexity index is 127. The van der Waals surface area contributed by atoms with Crippen LogP contribution in [0.3, 0.4) is 0 Å². The van der Waals surface area contributed by atoms with Gasteiger partial charge in [-0.15, -0.1) is 12.6 Å². The summed E-state index contributed by atoms with van der Waals surface area (Å²) in [4.78, 5) is 10.7. The first-order valence-electron chi connectivity index (χ1n) is 3.02. The van der Waals surface area contributed by atoms with Crippen molar-refractivity contribution in [3.05, 3.63) is 0 Å². The van der Waals surface area contributed by atoms with Gasteiger partial charge in [0.15, 0.2) is 0 Å². The van der Waals surface area contributed by atoms with E-state index in [1.807, 2.05) is 0 Å². The van der Waals surface area contributed by atoms with Crippen LogP contribution in [0.2, 0.25) is 0 Å². The molecule has 1 atom stereocenters. The van der Waals surface area contributed by atoms with Gasteiger partial charge in [0.05, 0.1) is 0 Å². The Morgan fingerprint density at radius 3 is 2.67 bits per heavy atom. The number of carbonyl (C=O) groups excluding carboxylic acids is 1. The first-order valence-corrected chi connectivity index (χ1v) is 3.47. The molecule has 0 amide bonds. The van der Waals surface area contributed by atoms with Crippen molar-refractivity contribution in [3.8, 4) is 0 Å². The highest BCUT2D eigenvalue weighted by Gasteiger charge is 2.35. The molecule has 0 aliphatic carbocycles. The molecule has 0 N–H and O–H groups in total. The molecule has 2 nitrogen and oxygen atoms in total. The molecule has 1 aliphatic heterocycles. The molecule has 1 fully saturated rings. The molecule has 1 unspecified atom stereocenters. The second kappa shape index (κ2) is 2.31. The molecule has 0 aromatic rings. The summed E-state index contributed by atoms with van der Waals surface area (Å²) in [6.07, 6.45) is 1.79. The van der Waals surface area contributed by atoms with Gasteiger partial charge in [-0.2, -0.15) is 0 Å². The van der Waals surface area contributed by atoms with E-state index in [9.17, 15) is 4.79 Å². The average molecular weight is 146 g/mol. The lowest BCUT2D eigenvalue weighted by Gasteiger charge is -2.17. The SMILES string of the molecule is CC1(C(=O)S)CCCO1. The topological polar surface area (TPSA) is 26.3 Å². The Labute approximate surface area is 60.0 Å². The zero-order valence-electron chi connectivity index (χ0n) is 5.39. The molecule has 0 spiro atoms. The standard InChI is InChI=1S/C6H10O2S/c1-6(5(7)9)3-2-4-8-6/h2-4H2,1H3,(H,7,9). The second-order valence-electron chi connectivity index (χ2n) is 2.49. The summed E-state index contributed by atoms with van der Waals surface area (Å²) in [7, 11) is 0. The lowest BCUT2D eigenvalue weighted by atomic mass is 10.1. The molecule has 9 heavy (non-hydrogen) atoms. The van der Waals surface area contributed by atoms with Crippen molar-refractivity contribution in [1.29, 1.82) is 0 Å². The van der Waals surface area contributed by atoms with Gasteiger partial charge in [0.25, 0.3) is 0 Å². The first-order chi connectivity index (χ1) is 4.15. The maximum atomic E-state index is 10.7. The summed E-state index contributed by atoms with van der Waals surface area (Å²) < 4.78 is 5.18. The van der Waals surface area contributed by atoms with Gasteiger partial charge in [0.2, 0.25) is 5.12 Å². The Kier molecular flexibility index (Phi) is 1.82. The van der Waals surface area contributed by atoms with Gasteiger partial charge < -0.3 is 4.74 Å². The number of ether oxygens (including phenoxy) is 1. The highest BCUT2D eigenvalue weighted by molar-refractivity contribution is 7.96. The molecule has 0 bridgehead atoms. The van der Waals surface area contributed by atoms with E-state index in [0.29, 0.717) is 6.61 Å². The van der Waals surface area contributed by atoms with E-state index in [0.717, 1.165) is 12.8 Å². The molecule has 52 valence electrons. The zero-order chi connectivity index (χ0) is 6.91. The molecule has 1 rings (SSSR count). The smallest absolute Gasteiger partial charge is 0.217 e. The molecule has 1 saturated heterocycles. The van der Waals surface area contributed by atoms with Crippen LogP contribution >= 0.6 is 12.6 Å². The average Bonchev–Trinajstić information content (AvgIpc) is 2.16. The van der Waals surface area contributed by atoms with E-state index in [4.69, 9.17) is 4.74 Å². The fourth-order valence-corrected chi connectivity index (χ4v) is 1.12. The van der Waals surface area contributed by atoms with Crippen LogP contribution in [0, 0.1) is 0 Å². The quantitative estimate of drug-likeness (QED) is 0.559. The Balaban J connectivity index is 2.61. The van der Waals surface area contributed by atoms with Crippen LogP contribution in [0.25, 0.3) is 0 Å². The van der Waals surface area contributed by atoms with Crippen molar-refractivity contribution >= 4 is 17.7 Å². The van der Waals surface area contributed by atoms with Crippen LogP contribution in [0.5, 0.6) is 0 Å². The molecule has 0 radical (unpaired) electrons. The molecule has 0 saturated carbocycles. The van der Waals surface area contributed by atoms with Crippen LogP contribution in [0.15, 0.2) is 0 Å². The van der Waals surface area contributed by atoms with Crippen molar-refractivity contribution in [2.75, 3.05) is 6.61 Å². The molecule has 1 heterocycles.